The van der Waals surface area contributed by atoms with E-state index in [4.69, 9.17) is 4.74 Å². The highest BCUT2D eigenvalue weighted by Gasteiger charge is 2.40. The van der Waals surface area contributed by atoms with Crippen molar-refractivity contribution in [3.63, 3.8) is 0 Å². The van der Waals surface area contributed by atoms with Crippen LogP contribution in [0.15, 0.2) is 9.59 Å². The Balaban J connectivity index is 2.51. The first kappa shape index (κ1) is 13.9. The molecule has 0 saturated carbocycles. The fourth-order valence-electron chi connectivity index (χ4n) is 1.86. The van der Waals surface area contributed by atoms with Crippen LogP contribution in [-0.2, 0) is 4.74 Å². The van der Waals surface area contributed by atoms with Gasteiger partial charge in [-0.25, -0.2) is 9.36 Å². The first-order chi connectivity index (χ1) is 8.84. The lowest BCUT2D eigenvalue weighted by Crippen LogP contribution is -2.53. The van der Waals surface area contributed by atoms with E-state index in [1.807, 2.05) is 4.98 Å². The van der Waals surface area contributed by atoms with Crippen LogP contribution in [-0.4, -0.2) is 49.8 Å². The molecule has 1 aromatic rings. The first-order valence-corrected chi connectivity index (χ1v) is 5.51. The lowest BCUT2D eigenvalue weighted by molar-refractivity contribution is -0.214. The molecule has 0 radical (unpaired) electrons. The van der Waals surface area contributed by atoms with Crippen LogP contribution in [0, 0.1) is 12.9 Å². The molecule has 4 atom stereocenters. The second-order valence-corrected chi connectivity index (χ2v) is 4.32. The van der Waals surface area contributed by atoms with Crippen LogP contribution in [0.1, 0.15) is 11.8 Å². The lowest BCUT2D eigenvalue weighted by Gasteiger charge is -2.35. The number of nitrogens with one attached hydrogen (secondary N) is 1. The van der Waals surface area contributed by atoms with E-state index in [2.05, 4.69) is 0 Å². The van der Waals surface area contributed by atoms with E-state index >= 15 is 0 Å². The number of aromatic amines is 1. The molecule has 1 aromatic heterocycles. The Labute approximate surface area is 105 Å². The lowest BCUT2D eigenvalue weighted by atomic mass is 10.0. The van der Waals surface area contributed by atoms with Gasteiger partial charge in [-0.15, -0.1) is 0 Å². The molecule has 1 saturated heterocycles. The van der Waals surface area contributed by atoms with Crippen molar-refractivity contribution in [2.45, 2.75) is 31.5 Å². The van der Waals surface area contributed by atoms with E-state index < -0.39 is 41.7 Å². The zero-order valence-electron chi connectivity index (χ0n) is 9.91. The Morgan fingerprint density at radius 3 is 2.58 bits per heavy atom. The molecule has 0 aromatic carbocycles. The molecule has 0 unspecified atom stereocenters. The fraction of sp³-hybridized carbons (Fsp3) is 0.600. The Morgan fingerprint density at radius 2 is 1.95 bits per heavy atom. The number of aliphatic hydroxyl groups is 3. The molecular weight excluding hydrogens is 263 g/mol. The Hall–Kier alpha value is -1.55. The molecule has 0 spiro atoms. The second kappa shape index (κ2) is 4.85. The molecule has 0 aliphatic carbocycles. The number of hydrogen-bond acceptors (Lipinski definition) is 6. The van der Waals surface area contributed by atoms with Gasteiger partial charge in [0.1, 0.15) is 18.3 Å². The van der Waals surface area contributed by atoms with E-state index in [-0.39, 0.29) is 12.2 Å². The normalized spacial score (nSPS) is 31.4. The quantitative estimate of drug-likeness (QED) is 0.424. The third kappa shape index (κ3) is 2.21. The van der Waals surface area contributed by atoms with E-state index in [0.29, 0.717) is 4.57 Å². The van der Waals surface area contributed by atoms with Gasteiger partial charge in [-0.1, -0.05) is 0 Å². The molecule has 19 heavy (non-hydrogen) atoms. The van der Waals surface area contributed by atoms with E-state index in [1.165, 1.54) is 0 Å². The first-order valence-electron chi connectivity index (χ1n) is 5.51. The van der Waals surface area contributed by atoms with Crippen molar-refractivity contribution in [1.82, 2.24) is 9.55 Å². The summed E-state index contributed by atoms with van der Waals surface area (Å²) in [5.41, 5.74) is -2.35. The number of hydrogen-bond donors (Lipinski definition) is 4. The summed E-state index contributed by atoms with van der Waals surface area (Å²) in [4.78, 5) is 24.6. The summed E-state index contributed by atoms with van der Waals surface area (Å²) < 4.78 is 19.3. The maximum absolute atomic E-state index is 13.9. The van der Waals surface area contributed by atoms with E-state index in [0.717, 1.165) is 6.92 Å². The van der Waals surface area contributed by atoms with Crippen molar-refractivity contribution < 1.29 is 24.4 Å². The average Bonchev–Trinajstić information content (AvgIpc) is 2.36. The van der Waals surface area contributed by atoms with Crippen LogP contribution in [0.2, 0.25) is 0 Å². The predicted molar refractivity (Wildman–Crippen MR) is 59.0 cm³/mol. The summed E-state index contributed by atoms with van der Waals surface area (Å²) in [5.74, 6) is -1.17. The summed E-state index contributed by atoms with van der Waals surface area (Å²) in [6.07, 6.45) is -6.16. The molecule has 1 aliphatic rings. The van der Waals surface area contributed by atoms with Crippen molar-refractivity contribution >= 4 is 0 Å². The SMILES string of the molecule is Cc1c(F)n([C@@H]2OC[C@@H](O)[C@@H](O)[C@@H]2O)c(=O)[nH]c1=O. The van der Waals surface area contributed by atoms with Gasteiger partial charge >= 0.3 is 5.69 Å². The molecular formula is C10H13FN2O6. The standard InChI is InChI=1S/C10H13FN2O6/c1-3-7(11)13(10(18)12-8(3)17)9-6(16)5(15)4(14)2-19-9/h4-6,9,14-16H,2H2,1H3,(H,12,17,18)/t4-,5-,6+,9-/m1/s1. The Kier molecular flexibility index (Phi) is 3.54. The molecule has 1 fully saturated rings. The van der Waals surface area contributed by atoms with Crippen LogP contribution < -0.4 is 11.2 Å². The van der Waals surface area contributed by atoms with Crippen LogP contribution >= 0.6 is 0 Å². The Bertz CT molecular complexity index is 597. The highest BCUT2D eigenvalue weighted by atomic mass is 19.1. The second-order valence-electron chi connectivity index (χ2n) is 4.32. The minimum Gasteiger partial charge on any atom is -0.388 e. The van der Waals surface area contributed by atoms with Crippen molar-refractivity contribution in [3.8, 4) is 0 Å². The van der Waals surface area contributed by atoms with Crippen LogP contribution in [0.5, 0.6) is 0 Å². The molecule has 4 N–H and O–H groups in total. The number of aliphatic hydroxyl groups excluding tert-OH is 3. The Morgan fingerprint density at radius 1 is 1.32 bits per heavy atom. The number of aromatic nitrogens is 2. The topological polar surface area (TPSA) is 125 Å². The van der Waals surface area contributed by atoms with Gasteiger partial charge in [-0.3, -0.25) is 9.78 Å². The maximum Gasteiger partial charge on any atom is 0.332 e. The van der Waals surface area contributed by atoms with Gasteiger partial charge in [0, 0.05) is 0 Å². The van der Waals surface area contributed by atoms with Gasteiger partial charge in [0.2, 0.25) is 5.95 Å². The summed E-state index contributed by atoms with van der Waals surface area (Å²) in [6.45, 7) is 0.775. The highest BCUT2D eigenvalue weighted by molar-refractivity contribution is 5.05. The summed E-state index contributed by atoms with van der Waals surface area (Å²) in [7, 11) is 0. The maximum atomic E-state index is 13.9. The number of rotatable bonds is 1. The summed E-state index contributed by atoms with van der Waals surface area (Å²) in [6, 6.07) is 0. The molecule has 0 amide bonds. The molecule has 8 nitrogen and oxygen atoms in total. The zero-order chi connectivity index (χ0) is 14.3. The van der Waals surface area contributed by atoms with Gasteiger partial charge in [0.15, 0.2) is 6.23 Å². The summed E-state index contributed by atoms with van der Waals surface area (Å²) in [5, 5.41) is 28.5. The number of ether oxygens (including phenoxy) is 1. The van der Waals surface area contributed by atoms with Gasteiger partial charge in [0.05, 0.1) is 12.2 Å². The number of nitrogens with zero attached hydrogens (tertiary/aromatic N) is 1. The van der Waals surface area contributed by atoms with Crippen molar-refractivity contribution in [3.05, 3.63) is 32.3 Å². The van der Waals surface area contributed by atoms with Crippen LogP contribution in [0.4, 0.5) is 4.39 Å². The largest absolute Gasteiger partial charge is 0.388 e. The minimum absolute atomic E-state index is 0.351. The third-order valence-corrected chi connectivity index (χ3v) is 3.03. The van der Waals surface area contributed by atoms with Gasteiger partial charge < -0.3 is 20.1 Å². The van der Waals surface area contributed by atoms with Gasteiger partial charge in [-0.05, 0) is 6.92 Å². The molecule has 2 rings (SSSR count). The monoisotopic (exact) mass is 276 g/mol. The predicted octanol–water partition coefficient (Wildman–Crippen LogP) is -2.40. The molecule has 106 valence electrons. The highest BCUT2D eigenvalue weighted by Crippen LogP contribution is 2.23. The zero-order valence-corrected chi connectivity index (χ0v) is 9.91. The average molecular weight is 276 g/mol. The van der Waals surface area contributed by atoms with Crippen LogP contribution in [0.25, 0.3) is 0 Å². The van der Waals surface area contributed by atoms with Gasteiger partial charge in [-0.2, -0.15) is 4.39 Å². The number of H-pyrrole nitrogens is 1. The minimum atomic E-state index is -1.71. The smallest absolute Gasteiger partial charge is 0.332 e. The third-order valence-electron chi connectivity index (χ3n) is 3.03. The van der Waals surface area contributed by atoms with Crippen LogP contribution in [0.3, 0.4) is 0 Å². The molecule has 2 heterocycles. The fourth-order valence-corrected chi connectivity index (χ4v) is 1.86. The van der Waals surface area contributed by atoms with Gasteiger partial charge in [0.25, 0.3) is 5.56 Å². The van der Waals surface area contributed by atoms with Crippen molar-refractivity contribution in [2.24, 2.45) is 0 Å². The van der Waals surface area contributed by atoms with E-state index in [9.17, 15) is 29.3 Å². The van der Waals surface area contributed by atoms with E-state index in [1.54, 1.807) is 0 Å². The summed E-state index contributed by atoms with van der Waals surface area (Å²) >= 11 is 0. The number of halogens is 1. The molecule has 1 aliphatic heterocycles. The molecule has 9 heteroatoms. The molecule has 0 bridgehead atoms. The van der Waals surface area contributed by atoms with Crippen molar-refractivity contribution in [2.75, 3.05) is 6.61 Å². The van der Waals surface area contributed by atoms with Crippen molar-refractivity contribution in [1.29, 1.82) is 0 Å².